The summed E-state index contributed by atoms with van der Waals surface area (Å²) in [5.74, 6) is 0.318. The number of nitrogens with zero attached hydrogens (tertiary/aromatic N) is 2. The molecule has 0 aliphatic heterocycles. The minimum atomic E-state index is 0.0454. The van der Waals surface area contributed by atoms with Gasteiger partial charge in [0.05, 0.1) is 15.2 Å². The van der Waals surface area contributed by atoms with E-state index in [0.29, 0.717) is 5.88 Å². The number of thiazole rings is 1. The predicted octanol–water partition coefficient (Wildman–Crippen LogP) is 3.83. The Morgan fingerprint density at radius 3 is 2.68 bits per heavy atom. The van der Waals surface area contributed by atoms with Crippen molar-refractivity contribution in [3.8, 4) is 11.3 Å². The molecule has 0 saturated heterocycles. The second-order valence-corrected chi connectivity index (χ2v) is 6.57. The standard InChI is InChI=1S/C14H15N3OS/c1-14(2,3)13-16-12-8(5-4-6-10(12)19-13)9-7-11(15)18-17-9/h4-7H,15H2,1-3H3. The summed E-state index contributed by atoms with van der Waals surface area (Å²) in [5.41, 5.74) is 8.29. The summed E-state index contributed by atoms with van der Waals surface area (Å²) in [7, 11) is 0. The van der Waals surface area contributed by atoms with E-state index in [1.54, 1.807) is 17.4 Å². The first-order valence-electron chi connectivity index (χ1n) is 6.08. The number of aromatic nitrogens is 2. The number of hydrogen-bond acceptors (Lipinski definition) is 5. The summed E-state index contributed by atoms with van der Waals surface area (Å²) in [6, 6.07) is 7.80. The van der Waals surface area contributed by atoms with Gasteiger partial charge < -0.3 is 10.3 Å². The summed E-state index contributed by atoms with van der Waals surface area (Å²) in [6.07, 6.45) is 0. The first-order chi connectivity index (χ1) is 8.95. The zero-order valence-electron chi connectivity index (χ0n) is 11.1. The van der Waals surface area contributed by atoms with Crippen molar-refractivity contribution in [2.24, 2.45) is 0 Å². The van der Waals surface area contributed by atoms with Crippen LogP contribution in [-0.4, -0.2) is 10.1 Å². The van der Waals surface area contributed by atoms with Crippen LogP contribution in [0.4, 0.5) is 5.88 Å². The highest BCUT2D eigenvalue weighted by Crippen LogP contribution is 2.35. The van der Waals surface area contributed by atoms with Crippen LogP contribution in [0.15, 0.2) is 28.8 Å². The van der Waals surface area contributed by atoms with E-state index in [4.69, 9.17) is 15.2 Å². The van der Waals surface area contributed by atoms with Crippen molar-refractivity contribution < 1.29 is 4.52 Å². The van der Waals surface area contributed by atoms with E-state index in [1.807, 2.05) is 12.1 Å². The van der Waals surface area contributed by atoms with Crippen molar-refractivity contribution in [2.75, 3.05) is 5.73 Å². The molecule has 0 spiro atoms. The summed E-state index contributed by atoms with van der Waals surface area (Å²) < 4.78 is 6.10. The maximum absolute atomic E-state index is 5.59. The third-order valence-electron chi connectivity index (χ3n) is 2.86. The van der Waals surface area contributed by atoms with Gasteiger partial charge in [-0.3, -0.25) is 0 Å². The molecule has 0 radical (unpaired) electrons. The number of anilines is 1. The fourth-order valence-corrected chi connectivity index (χ4v) is 2.94. The largest absolute Gasteiger partial charge is 0.368 e. The molecular formula is C14H15N3OS. The van der Waals surface area contributed by atoms with Gasteiger partial charge in [-0.2, -0.15) is 0 Å². The molecule has 0 aliphatic rings. The van der Waals surface area contributed by atoms with Crippen molar-refractivity contribution in [1.82, 2.24) is 10.1 Å². The molecule has 3 aromatic rings. The molecule has 1 aromatic carbocycles. The molecule has 2 heterocycles. The molecule has 5 heteroatoms. The number of hydrogen-bond donors (Lipinski definition) is 1. The fraction of sp³-hybridized carbons (Fsp3) is 0.286. The highest BCUT2D eigenvalue weighted by Gasteiger charge is 2.20. The van der Waals surface area contributed by atoms with Crippen LogP contribution in [-0.2, 0) is 5.41 Å². The first kappa shape index (κ1) is 12.2. The quantitative estimate of drug-likeness (QED) is 0.731. The van der Waals surface area contributed by atoms with Crippen LogP contribution >= 0.6 is 11.3 Å². The monoisotopic (exact) mass is 273 g/mol. The topological polar surface area (TPSA) is 64.9 Å². The summed E-state index contributed by atoms with van der Waals surface area (Å²) in [5, 5.41) is 5.09. The van der Waals surface area contributed by atoms with Crippen molar-refractivity contribution in [2.45, 2.75) is 26.2 Å². The van der Waals surface area contributed by atoms with Crippen molar-refractivity contribution >= 4 is 27.4 Å². The first-order valence-corrected chi connectivity index (χ1v) is 6.89. The zero-order chi connectivity index (χ0) is 13.6. The van der Waals surface area contributed by atoms with Gasteiger partial charge in [-0.25, -0.2) is 4.98 Å². The lowest BCUT2D eigenvalue weighted by Crippen LogP contribution is -2.09. The van der Waals surface area contributed by atoms with Crippen LogP contribution in [0.3, 0.4) is 0 Å². The fourth-order valence-electron chi connectivity index (χ4n) is 1.89. The van der Waals surface area contributed by atoms with Gasteiger partial charge in [0, 0.05) is 17.0 Å². The van der Waals surface area contributed by atoms with Crippen LogP contribution in [0.25, 0.3) is 21.5 Å². The molecule has 0 aliphatic carbocycles. The Hall–Kier alpha value is -1.88. The second kappa shape index (κ2) is 4.06. The van der Waals surface area contributed by atoms with E-state index >= 15 is 0 Å². The van der Waals surface area contributed by atoms with Gasteiger partial charge in [-0.05, 0) is 6.07 Å². The Bertz CT molecular complexity index is 737. The Kier molecular flexibility index (Phi) is 2.60. The lowest BCUT2D eigenvalue weighted by atomic mass is 9.98. The molecule has 0 atom stereocenters. The maximum Gasteiger partial charge on any atom is 0.222 e. The van der Waals surface area contributed by atoms with Crippen LogP contribution in [0.1, 0.15) is 25.8 Å². The Morgan fingerprint density at radius 1 is 1.26 bits per heavy atom. The SMILES string of the molecule is CC(C)(C)c1nc2c(-c3cc(N)on3)cccc2s1. The molecule has 19 heavy (non-hydrogen) atoms. The molecule has 98 valence electrons. The van der Waals surface area contributed by atoms with Crippen LogP contribution < -0.4 is 5.73 Å². The van der Waals surface area contributed by atoms with Gasteiger partial charge in [0.2, 0.25) is 5.88 Å². The van der Waals surface area contributed by atoms with Gasteiger partial charge in [-0.1, -0.05) is 38.1 Å². The average Bonchev–Trinajstić information content (AvgIpc) is 2.93. The van der Waals surface area contributed by atoms with E-state index in [2.05, 4.69) is 32.0 Å². The Morgan fingerprint density at radius 2 is 2.05 bits per heavy atom. The minimum absolute atomic E-state index is 0.0454. The average molecular weight is 273 g/mol. The maximum atomic E-state index is 5.59. The molecule has 0 amide bonds. The summed E-state index contributed by atoms with van der Waals surface area (Å²) in [6.45, 7) is 6.50. The van der Waals surface area contributed by atoms with E-state index in [1.165, 1.54) is 0 Å². The molecule has 0 fully saturated rings. The predicted molar refractivity (Wildman–Crippen MR) is 78.2 cm³/mol. The Labute approximate surface area is 115 Å². The number of benzene rings is 1. The highest BCUT2D eigenvalue weighted by molar-refractivity contribution is 7.18. The molecule has 0 bridgehead atoms. The molecule has 4 nitrogen and oxygen atoms in total. The second-order valence-electron chi connectivity index (χ2n) is 5.54. The molecule has 0 saturated carbocycles. The van der Waals surface area contributed by atoms with Crippen molar-refractivity contribution in [1.29, 1.82) is 0 Å². The van der Waals surface area contributed by atoms with E-state index in [-0.39, 0.29) is 5.41 Å². The molecule has 2 N–H and O–H groups in total. The van der Waals surface area contributed by atoms with Crippen LogP contribution in [0.5, 0.6) is 0 Å². The van der Waals surface area contributed by atoms with Gasteiger partial charge in [-0.15, -0.1) is 11.3 Å². The van der Waals surface area contributed by atoms with Crippen molar-refractivity contribution in [3.05, 3.63) is 29.3 Å². The molecule has 2 aromatic heterocycles. The number of fused-ring (bicyclic) bond motifs is 1. The molecule has 0 unspecified atom stereocenters. The molecule has 3 rings (SSSR count). The summed E-state index contributed by atoms with van der Waals surface area (Å²) >= 11 is 1.72. The lowest BCUT2D eigenvalue weighted by molar-refractivity contribution is 0.439. The third-order valence-corrected chi connectivity index (χ3v) is 4.31. The zero-order valence-corrected chi connectivity index (χ0v) is 11.9. The third kappa shape index (κ3) is 2.10. The minimum Gasteiger partial charge on any atom is -0.368 e. The van der Waals surface area contributed by atoms with E-state index < -0.39 is 0 Å². The van der Waals surface area contributed by atoms with Crippen LogP contribution in [0, 0.1) is 0 Å². The van der Waals surface area contributed by atoms with E-state index in [0.717, 1.165) is 26.5 Å². The number of rotatable bonds is 1. The number of para-hydroxylation sites is 1. The van der Waals surface area contributed by atoms with E-state index in [9.17, 15) is 0 Å². The van der Waals surface area contributed by atoms with Crippen LogP contribution in [0.2, 0.25) is 0 Å². The van der Waals surface area contributed by atoms with Gasteiger partial charge in [0.1, 0.15) is 5.69 Å². The summed E-state index contributed by atoms with van der Waals surface area (Å²) in [4.78, 5) is 4.77. The van der Waals surface area contributed by atoms with Gasteiger partial charge >= 0.3 is 0 Å². The smallest absolute Gasteiger partial charge is 0.222 e. The lowest BCUT2D eigenvalue weighted by Gasteiger charge is -2.13. The molecular weight excluding hydrogens is 258 g/mol. The van der Waals surface area contributed by atoms with Gasteiger partial charge in [0.15, 0.2) is 0 Å². The highest BCUT2D eigenvalue weighted by atomic mass is 32.1. The normalized spacial score (nSPS) is 12.2. The van der Waals surface area contributed by atoms with Gasteiger partial charge in [0.25, 0.3) is 0 Å². The Balaban J connectivity index is 2.23. The number of nitrogens with two attached hydrogens (primary N) is 1. The number of nitrogen functional groups attached to an aromatic ring is 1. The van der Waals surface area contributed by atoms with Crippen molar-refractivity contribution in [3.63, 3.8) is 0 Å².